The number of carbonyl (C=O) groups is 2. The van der Waals surface area contributed by atoms with Crippen molar-refractivity contribution in [1.82, 2.24) is 19.3 Å². The second kappa shape index (κ2) is 9.98. The average Bonchev–Trinajstić information content (AvgIpc) is 3.20. The molecule has 174 valence electrons. The van der Waals surface area contributed by atoms with Gasteiger partial charge in [-0.05, 0) is 11.5 Å². The number of esters is 1. The van der Waals surface area contributed by atoms with Crippen LogP contribution in [0.2, 0.25) is 0 Å². The number of hydrogen-bond acceptors (Lipinski definition) is 7. The number of nitrogens with two attached hydrogens (primary N) is 1. The summed E-state index contributed by atoms with van der Waals surface area (Å²) in [6, 6.07) is 9.09. The van der Waals surface area contributed by atoms with Crippen molar-refractivity contribution >= 4 is 23.4 Å². The first-order valence-electron chi connectivity index (χ1n) is 10.3. The summed E-state index contributed by atoms with van der Waals surface area (Å²) >= 11 is 0. The number of H-pyrrole nitrogens is 1. The van der Waals surface area contributed by atoms with E-state index in [0.717, 1.165) is 10.5 Å². The van der Waals surface area contributed by atoms with Crippen LogP contribution in [0.4, 0.5) is 11.5 Å². The van der Waals surface area contributed by atoms with E-state index in [1.165, 1.54) is 21.6 Å². The van der Waals surface area contributed by atoms with Crippen molar-refractivity contribution in [2.24, 2.45) is 13.0 Å². The first-order chi connectivity index (χ1) is 15.7. The molecule has 0 atom stereocenters. The number of benzene rings is 1. The molecular weight excluding hydrogens is 428 g/mol. The van der Waals surface area contributed by atoms with Crippen molar-refractivity contribution in [2.45, 2.75) is 20.4 Å². The maximum Gasteiger partial charge on any atom is 0.341 e. The van der Waals surface area contributed by atoms with Crippen molar-refractivity contribution in [3.8, 4) is 0 Å². The molecule has 0 aliphatic carbocycles. The van der Waals surface area contributed by atoms with E-state index in [2.05, 4.69) is 10.1 Å². The summed E-state index contributed by atoms with van der Waals surface area (Å²) < 4.78 is 7.73. The number of aromatic amines is 1. The van der Waals surface area contributed by atoms with Crippen LogP contribution >= 0.6 is 0 Å². The molecule has 0 aliphatic rings. The van der Waals surface area contributed by atoms with Crippen LogP contribution in [-0.2, 0) is 23.1 Å². The van der Waals surface area contributed by atoms with Crippen LogP contribution in [0.25, 0.3) is 0 Å². The van der Waals surface area contributed by atoms with E-state index in [1.807, 2.05) is 44.2 Å². The van der Waals surface area contributed by atoms with E-state index >= 15 is 0 Å². The number of aromatic nitrogens is 4. The molecule has 3 aromatic rings. The Morgan fingerprint density at radius 1 is 1.21 bits per heavy atom. The molecule has 11 heteroatoms. The van der Waals surface area contributed by atoms with Gasteiger partial charge in [0.15, 0.2) is 12.3 Å². The first kappa shape index (κ1) is 23.5. The SMILES string of the molecule is CC(C)CN(C(=O)COC(=O)c1cnn(C)c1)c1c(N)n(Cc2ccccc2)c(=O)[nH]c1=O. The van der Waals surface area contributed by atoms with E-state index in [4.69, 9.17) is 10.5 Å². The number of nitrogens with one attached hydrogen (secondary N) is 1. The molecule has 0 saturated carbocycles. The van der Waals surface area contributed by atoms with Crippen molar-refractivity contribution in [3.05, 3.63) is 74.7 Å². The Labute approximate surface area is 189 Å². The second-order valence-electron chi connectivity index (χ2n) is 7.94. The van der Waals surface area contributed by atoms with Gasteiger partial charge in [-0.2, -0.15) is 5.10 Å². The van der Waals surface area contributed by atoms with Gasteiger partial charge in [0.25, 0.3) is 11.5 Å². The predicted octanol–water partition coefficient (Wildman–Crippen LogP) is 0.747. The second-order valence-corrected chi connectivity index (χ2v) is 7.94. The summed E-state index contributed by atoms with van der Waals surface area (Å²) in [6.07, 6.45) is 2.78. The molecular formula is C22H26N6O5. The average molecular weight is 454 g/mol. The van der Waals surface area contributed by atoms with Gasteiger partial charge in [-0.3, -0.25) is 23.8 Å². The van der Waals surface area contributed by atoms with Crippen LogP contribution in [0.3, 0.4) is 0 Å². The van der Waals surface area contributed by atoms with Gasteiger partial charge in [0.05, 0.1) is 18.3 Å². The van der Waals surface area contributed by atoms with Crippen molar-refractivity contribution < 1.29 is 14.3 Å². The normalized spacial score (nSPS) is 10.9. The first-order valence-corrected chi connectivity index (χ1v) is 10.3. The summed E-state index contributed by atoms with van der Waals surface area (Å²) in [5.41, 5.74) is 5.55. The number of nitrogen functional groups attached to an aromatic ring is 1. The molecule has 33 heavy (non-hydrogen) atoms. The lowest BCUT2D eigenvalue weighted by Gasteiger charge is -2.26. The predicted molar refractivity (Wildman–Crippen MR) is 122 cm³/mol. The Kier molecular flexibility index (Phi) is 7.11. The minimum Gasteiger partial charge on any atom is -0.452 e. The highest BCUT2D eigenvalue weighted by Gasteiger charge is 2.26. The van der Waals surface area contributed by atoms with Crippen LogP contribution in [0, 0.1) is 5.92 Å². The molecule has 0 fully saturated rings. The van der Waals surface area contributed by atoms with E-state index in [0.29, 0.717) is 0 Å². The Morgan fingerprint density at radius 3 is 2.52 bits per heavy atom. The summed E-state index contributed by atoms with van der Waals surface area (Å²) in [5.74, 6) is -1.57. The molecule has 2 aromatic heterocycles. The largest absolute Gasteiger partial charge is 0.452 e. The Hall–Kier alpha value is -4.15. The van der Waals surface area contributed by atoms with E-state index in [-0.39, 0.29) is 36.1 Å². The van der Waals surface area contributed by atoms with Gasteiger partial charge in [0.1, 0.15) is 5.82 Å². The van der Waals surface area contributed by atoms with Crippen LogP contribution in [0.1, 0.15) is 29.8 Å². The zero-order valence-corrected chi connectivity index (χ0v) is 18.6. The number of nitrogens with zero attached hydrogens (tertiary/aromatic N) is 4. The molecule has 0 radical (unpaired) electrons. The lowest BCUT2D eigenvalue weighted by atomic mass is 10.2. The Balaban J connectivity index is 1.91. The highest BCUT2D eigenvalue weighted by Crippen LogP contribution is 2.19. The third-order valence-corrected chi connectivity index (χ3v) is 4.78. The maximum absolute atomic E-state index is 13.0. The fourth-order valence-electron chi connectivity index (χ4n) is 3.26. The van der Waals surface area contributed by atoms with Crippen LogP contribution < -0.4 is 21.9 Å². The molecule has 0 saturated heterocycles. The minimum atomic E-state index is -0.797. The number of rotatable bonds is 8. The topological polar surface area (TPSA) is 145 Å². The lowest BCUT2D eigenvalue weighted by molar-refractivity contribution is -0.121. The number of aryl methyl sites for hydroxylation is 1. The zero-order chi connectivity index (χ0) is 24.1. The highest BCUT2D eigenvalue weighted by atomic mass is 16.5. The van der Waals surface area contributed by atoms with E-state index in [1.54, 1.807) is 7.05 Å². The molecule has 0 spiro atoms. The fourth-order valence-corrected chi connectivity index (χ4v) is 3.26. The van der Waals surface area contributed by atoms with Crippen molar-refractivity contribution in [2.75, 3.05) is 23.8 Å². The minimum absolute atomic E-state index is 0.0451. The standard InChI is InChI=1S/C22H26N6O5/c1-14(2)10-27(17(29)13-33-21(31)16-9-24-26(3)12-16)18-19(23)28(22(32)25-20(18)30)11-15-7-5-4-6-8-15/h4-9,12,14H,10-11,13,23H2,1-3H3,(H,25,30,32). The Bertz CT molecular complexity index is 1260. The maximum atomic E-state index is 13.0. The zero-order valence-electron chi connectivity index (χ0n) is 18.6. The van der Waals surface area contributed by atoms with Gasteiger partial charge in [0.2, 0.25) is 0 Å². The molecule has 1 aromatic carbocycles. The van der Waals surface area contributed by atoms with Gasteiger partial charge in [0, 0.05) is 19.8 Å². The quantitative estimate of drug-likeness (QED) is 0.478. The van der Waals surface area contributed by atoms with E-state index < -0.39 is 29.7 Å². The van der Waals surface area contributed by atoms with Crippen LogP contribution in [-0.4, -0.2) is 44.4 Å². The number of hydrogen-bond donors (Lipinski definition) is 2. The molecule has 0 bridgehead atoms. The fraction of sp³-hybridized carbons (Fsp3) is 0.318. The van der Waals surface area contributed by atoms with Crippen molar-refractivity contribution in [1.29, 1.82) is 0 Å². The van der Waals surface area contributed by atoms with Crippen molar-refractivity contribution in [3.63, 3.8) is 0 Å². The third kappa shape index (κ3) is 5.56. The monoisotopic (exact) mass is 454 g/mol. The molecule has 0 unspecified atom stereocenters. The summed E-state index contributed by atoms with van der Waals surface area (Å²) in [7, 11) is 1.64. The number of amides is 1. The van der Waals surface area contributed by atoms with Gasteiger partial charge in [-0.15, -0.1) is 0 Å². The molecule has 3 N–H and O–H groups in total. The summed E-state index contributed by atoms with van der Waals surface area (Å²) in [6.45, 7) is 3.32. The highest BCUT2D eigenvalue weighted by molar-refractivity contribution is 5.98. The molecule has 11 nitrogen and oxygen atoms in total. The van der Waals surface area contributed by atoms with Gasteiger partial charge >= 0.3 is 11.7 Å². The van der Waals surface area contributed by atoms with Gasteiger partial charge in [-0.25, -0.2) is 9.59 Å². The lowest BCUT2D eigenvalue weighted by Crippen LogP contribution is -2.44. The van der Waals surface area contributed by atoms with E-state index in [9.17, 15) is 19.2 Å². The molecule has 3 rings (SSSR count). The number of ether oxygens (including phenoxy) is 1. The molecule has 0 aliphatic heterocycles. The van der Waals surface area contributed by atoms with Crippen LogP contribution in [0.5, 0.6) is 0 Å². The summed E-state index contributed by atoms with van der Waals surface area (Å²) in [4.78, 5) is 53.7. The third-order valence-electron chi connectivity index (χ3n) is 4.78. The van der Waals surface area contributed by atoms with Crippen LogP contribution in [0.15, 0.2) is 52.3 Å². The summed E-state index contributed by atoms with van der Waals surface area (Å²) in [5, 5.41) is 3.89. The molecule has 2 heterocycles. The number of anilines is 2. The van der Waals surface area contributed by atoms with Gasteiger partial charge < -0.3 is 15.4 Å². The van der Waals surface area contributed by atoms with Gasteiger partial charge in [-0.1, -0.05) is 44.2 Å². The molecule has 1 amide bonds. The smallest absolute Gasteiger partial charge is 0.341 e. The number of carbonyl (C=O) groups excluding carboxylic acids is 2. The Morgan fingerprint density at radius 2 is 1.91 bits per heavy atom.